The molecular weight excluding hydrogens is 485 g/mol. The van der Waals surface area contributed by atoms with Crippen LogP contribution >= 0.6 is 7.82 Å². The van der Waals surface area contributed by atoms with Crippen LogP contribution in [0, 0.1) is 0 Å². The highest BCUT2D eigenvalue weighted by Gasteiger charge is 2.30. The van der Waals surface area contributed by atoms with E-state index in [4.69, 9.17) is 9.05 Å². The van der Waals surface area contributed by atoms with Crippen LogP contribution in [0.1, 0.15) is 135 Å². The Morgan fingerprint density at radius 1 is 0.730 bits per heavy atom. The van der Waals surface area contributed by atoms with Gasteiger partial charge in [0.25, 0.3) is 0 Å². The average Bonchev–Trinajstić information content (AvgIpc) is 2.87. The first-order chi connectivity index (χ1) is 17.9. The van der Waals surface area contributed by atoms with Gasteiger partial charge in [0.1, 0.15) is 13.2 Å². The Hall–Kier alpha value is -0.230. The van der Waals surface area contributed by atoms with Gasteiger partial charge >= 0.3 is 7.82 Å². The van der Waals surface area contributed by atoms with Crippen molar-refractivity contribution in [1.29, 1.82) is 0 Å². The van der Waals surface area contributed by atoms with Gasteiger partial charge in [-0.05, 0) is 32.1 Å². The first-order valence-corrected chi connectivity index (χ1v) is 17.1. The predicted octanol–water partition coefficient (Wildman–Crippen LogP) is 8.32. The van der Waals surface area contributed by atoms with Crippen LogP contribution in [0.4, 0.5) is 0 Å². The van der Waals surface area contributed by atoms with Crippen molar-refractivity contribution in [3.8, 4) is 0 Å². The lowest BCUT2D eigenvalue weighted by Crippen LogP contribution is -2.52. The molecule has 1 aliphatic heterocycles. The first-order valence-electron chi connectivity index (χ1n) is 15.7. The Kier molecular flexibility index (Phi) is 21.2. The molecule has 1 aliphatic rings. The molecule has 0 amide bonds. The quantitative estimate of drug-likeness (QED) is 0.0521. The van der Waals surface area contributed by atoms with Crippen molar-refractivity contribution in [2.75, 3.05) is 39.9 Å². The van der Waals surface area contributed by atoms with Crippen LogP contribution in [0.25, 0.3) is 0 Å². The fraction of sp³-hybridized carbons (Fsp3) is 0.933. The molecule has 2 N–H and O–H groups in total. The van der Waals surface area contributed by atoms with E-state index < -0.39 is 7.82 Å². The van der Waals surface area contributed by atoms with E-state index in [-0.39, 0.29) is 19.3 Å². The van der Waals surface area contributed by atoms with E-state index in [0.717, 1.165) is 49.7 Å². The van der Waals surface area contributed by atoms with E-state index in [0.29, 0.717) is 6.54 Å². The Bertz CT molecular complexity index is 593. The minimum absolute atomic E-state index is 0.205. The molecule has 1 saturated heterocycles. The number of unbranched alkanes of at least 4 members (excludes halogenated alkanes) is 16. The van der Waals surface area contributed by atoms with E-state index in [1.807, 2.05) is 0 Å². The largest absolute Gasteiger partial charge is 0.472 e. The standard InChI is InChI=1S/C30H60NO5P/c1-3-4-5-6-7-8-9-10-11-12-13-14-15-16-17-18-19-20-21-22-28-35-37(33,34)36-29-27-31(2)25-23-30(32)24-26-31/h10-11,30,32H,3-9,12-29H2,1-2H3/p+1/b11-10-. The van der Waals surface area contributed by atoms with Crippen molar-refractivity contribution in [2.45, 2.75) is 141 Å². The van der Waals surface area contributed by atoms with Crippen molar-refractivity contribution >= 4 is 7.82 Å². The van der Waals surface area contributed by atoms with Gasteiger partial charge in [0.15, 0.2) is 0 Å². The number of quaternary nitrogens is 1. The van der Waals surface area contributed by atoms with Gasteiger partial charge in [0, 0.05) is 12.8 Å². The van der Waals surface area contributed by atoms with Gasteiger partial charge in [-0.15, -0.1) is 0 Å². The molecular formula is C30H61NO5P+. The van der Waals surface area contributed by atoms with Gasteiger partial charge in [-0.3, -0.25) is 9.05 Å². The molecule has 1 atom stereocenters. The third-order valence-corrected chi connectivity index (χ3v) is 8.82. The van der Waals surface area contributed by atoms with E-state index in [1.165, 1.54) is 96.3 Å². The van der Waals surface area contributed by atoms with Crippen LogP contribution in [0.3, 0.4) is 0 Å². The van der Waals surface area contributed by atoms with Crippen LogP contribution in [-0.4, -0.2) is 60.5 Å². The smallest absolute Gasteiger partial charge is 0.393 e. The van der Waals surface area contributed by atoms with E-state index in [9.17, 15) is 14.6 Å². The van der Waals surface area contributed by atoms with Gasteiger partial charge in [-0.1, -0.05) is 103 Å². The topological polar surface area (TPSA) is 76.0 Å². The van der Waals surface area contributed by atoms with E-state index >= 15 is 0 Å². The lowest BCUT2D eigenvalue weighted by Gasteiger charge is -2.39. The number of likely N-dealkylation sites (N-methyl/N-ethyl adjacent to an activating group) is 1. The highest BCUT2D eigenvalue weighted by atomic mass is 31.2. The molecule has 1 rings (SSSR count). The van der Waals surface area contributed by atoms with Gasteiger partial charge in [0.2, 0.25) is 0 Å². The van der Waals surface area contributed by atoms with Gasteiger partial charge in [-0.25, -0.2) is 4.57 Å². The first kappa shape index (κ1) is 34.8. The fourth-order valence-corrected chi connectivity index (χ4v) is 5.80. The second-order valence-corrected chi connectivity index (χ2v) is 13.0. The molecule has 1 unspecified atom stereocenters. The molecule has 37 heavy (non-hydrogen) atoms. The maximum Gasteiger partial charge on any atom is 0.472 e. The molecule has 0 aliphatic carbocycles. The van der Waals surface area contributed by atoms with Crippen molar-refractivity contribution in [3.05, 3.63) is 12.2 Å². The summed E-state index contributed by atoms with van der Waals surface area (Å²) in [5.74, 6) is 0. The summed E-state index contributed by atoms with van der Waals surface area (Å²) in [7, 11) is -1.85. The van der Waals surface area contributed by atoms with Crippen LogP contribution in [0.5, 0.6) is 0 Å². The maximum atomic E-state index is 12.1. The van der Waals surface area contributed by atoms with Crippen LogP contribution in [0.2, 0.25) is 0 Å². The Labute approximate surface area is 229 Å². The molecule has 0 saturated carbocycles. The van der Waals surface area contributed by atoms with Gasteiger partial charge in [0.05, 0.1) is 32.8 Å². The zero-order valence-electron chi connectivity index (χ0n) is 24.4. The van der Waals surface area contributed by atoms with Crippen LogP contribution in [0.15, 0.2) is 12.2 Å². The summed E-state index contributed by atoms with van der Waals surface area (Å²) in [4.78, 5) is 9.89. The van der Waals surface area contributed by atoms with Gasteiger partial charge in [-0.2, -0.15) is 0 Å². The average molecular weight is 547 g/mol. The number of piperidine rings is 1. The number of hydrogen-bond donors (Lipinski definition) is 2. The van der Waals surface area contributed by atoms with Crippen molar-refractivity contribution < 1.29 is 28.1 Å². The highest BCUT2D eigenvalue weighted by molar-refractivity contribution is 7.47. The number of likely N-dealkylation sites (tertiary alicyclic amines) is 1. The van der Waals surface area contributed by atoms with Crippen LogP contribution < -0.4 is 0 Å². The molecule has 1 heterocycles. The molecule has 0 aromatic heterocycles. The molecule has 1 fully saturated rings. The lowest BCUT2D eigenvalue weighted by atomic mass is 10.1. The number of phosphoric acid groups is 1. The summed E-state index contributed by atoms with van der Waals surface area (Å²) in [6, 6.07) is 0. The third kappa shape index (κ3) is 21.3. The molecule has 220 valence electrons. The second kappa shape index (κ2) is 22.6. The van der Waals surface area contributed by atoms with Gasteiger partial charge < -0.3 is 14.5 Å². The highest BCUT2D eigenvalue weighted by Crippen LogP contribution is 2.43. The molecule has 0 aromatic rings. The number of aliphatic hydroxyl groups excluding tert-OH is 1. The number of allylic oxidation sites excluding steroid dienone is 2. The molecule has 0 bridgehead atoms. The van der Waals surface area contributed by atoms with E-state index in [2.05, 4.69) is 26.1 Å². The number of aliphatic hydroxyl groups is 1. The summed E-state index contributed by atoms with van der Waals surface area (Å²) in [6.45, 7) is 5.16. The van der Waals surface area contributed by atoms with E-state index in [1.54, 1.807) is 0 Å². The number of nitrogens with zero attached hydrogens (tertiary/aromatic N) is 1. The molecule has 0 spiro atoms. The zero-order valence-corrected chi connectivity index (χ0v) is 25.3. The molecule has 6 nitrogen and oxygen atoms in total. The monoisotopic (exact) mass is 546 g/mol. The summed E-state index contributed by atoms with van der Waals surface area (Å²) in [6.07, 6.45) is 29.1. The molecule has 0 aromatic carbocycles. The normalized spacial score (nSPS) is 22.0. The number of rotatable bonds is 25. The summed E-state index contributed by atoms with van der Waals surface area (Å²) in [5.41, 5.74) is 0. The zero-order chi connectivity index (χ0) is 27.1. The molecule has 7 heteroatoms. The Morgan fingerprint density at radius 3 is 1.68 bits per heavy atom. The van der Waals surface area contributed by atoms with Crippen molar-refractivity contribution in [3.63, 3.8) is 0 Å². The minimum Gasteiger partial charge on any atom is -0.393 e. The Balaban J connectivity index is 1.82. The lowest BCUT2D eigenvalue weighted by molar-refractivity contribution is -0.915. The number of hydrogen-bond acceptors (Lipinski definition) is 4. The van der Waals surface area contributed by atoms with Crippen molar-refractivity contribution in [1.82, 2.24) is 0 Å². The summed E-state index contributed by atoms with van der Waals surface area (Å²) in [5, 5.41) is 9.64. The third-order valence-electron chi connectivity index (χ3n) is 7.80. The fourth-order valence-electron chi connectivity index (χ4n) is 5.05. The molecule has 0 radical (unpaired) electrons. The summed E-state index contributed by atoms with van der Waals surface area (Å²) >= 11 is 0. The SMILES string of the molecule is CCCCCCCC/C=C\CCCCCCCCCCCCOP(=O)(O)OCC[N+]1(C)CCC(O)CC1. The minimum atomic E-state index is -3.96. The predicted molar refractivity (Wildman–Crippen MR) is 156 cm³/mol. The Morgan fingerprint density at radius 2 is 1.16 bits per heavy atom. The maximum absolute atomic E-state index is 12.1. The number of phosphoric ester groups is 1. The summed E-state index contributed by atoms with van der Waals surface area (Å²) < 4.78 is 23.2. The van der Waals surface area contributed by atoms with Crippen LogP contribution in [-0.2, 0) is 13.6 Å². The van der Waals surface area contributed by atoms with Crippen molar-refractivity contribution in [2.24, 2.45) is 0 Å². The second-order valence-electron chi connectivity index (χ2n) is 11.5.